The first-order chi connectivity index (χ1) is 10.3. The van der Waals surface area contributed by atoms with E-state index in [2.05, 4.69) is 45.7 Å². The fraction of sp³-hybridized carbons (Fsp3) is 0.471. The summed E-state index contributed by atoms with van der Waals surface area (Å²) in [5.74, 6) is 0.115. The minimum atomic E-state index is 0.115. The Kier molecular flexibility index (Phi) is 4.25. The van der Waals surface area contributed by atoms with E-state index in [4.69, 9.17) is 0 Å². The number of carbonyl (C=O) groups excluding carboxylic acids is 1. The number of nitrogens with one attached hydrogen (secondary N) is 2. The van der Waals surface area contributed by atoms with Crippen molar-refractivity contribution in [1.82, 2.24) is 15.2 Å². The number of hydrogen-bond donors (Lipinski definition) is 2. The lowest BCUT2D eigenvalue weighted by molar-refractivity contribution is -0.121. The zero-order chi connectivity index (χ0) is 14.7. The summed E-state index contributed by atoms with van der Waals surface area (Å²) in [5.41, 5.74) is 2.53. The monoisotopic (exact) mass is 285 g/mol. The number of carbonyl (C=O) groups is 1. The molecule has 1 aliphatic rings. The van der Waals surface area contributed by atoms with E-state index in [1.165, 1.54) is 29.3 Å². The highest BCUT2D eigenvalue weighted by molar-refractivity contribution is 5.81. The molecule has 2 N–H and O–H groups in total. The summed E-state index contributed by atoms with van der Waals surface area (Å²) >= 11 is 0. The Balaban J connectivity index is 1.65. The van der Waals surface area contributed by atoms with Crippen molar-refractivity contribution in [3.8, 4) is 0 Å². The second-order valence-corrected chi connectivity index (χ2v) is 5.76. The van der Waals surface area contributed by atoms with Crippen LogP contribution in [0.5, 0.6) is 0 Å². The Labute approximate surface area is 125 Å². The summed E-state index contributed by atoms with van der Waals surface area (Å²) < 4.78 is 2.16. The molecule has 0 unspecified atom stereocenters. The van der Waals surface area contributed by atoms with Crippen LogP contribution in [0.4, 0.5) is 0 Å². The van der Waals surface area contributed by atoms with Crippen molar-refractivity contribution in [1.29, 1.82) is 0 Å². The molecule has 1 amide bonds. The third-order valence-electron chi connectivity index (χ3n) is 3.96. The molecule has 1 aromatic carbocycles. The van der Waals surface area contributed by atoms with Crippen molar-refractivity contribution in [2.45, 2.75) is 45.3 Å². The topological polar surface area (TPSA) is 46.1 Å². The third kappa shape index (κ3) is 3.64. The fourth-order valence-corrected chi connectivity index (χ4v) is 2.61. The molecule has 4 heteroatoms. The fourth-order valence-electron chi connectivity index (χ4n) is 2.61. The second kappa shape index (κ2) is 6.31. The molecular formula is C17H23N3O. The number of rotatable bonds is 7. The molecule has 0 aliphatic heterocycles. The first-order valence-corrected chi connectivity index (χ1v) is 7.84. The van der Waals surface area contributed by atoms with Gasteiger partial charge in [-0.25, -0.2) is 0 Å². The zero-order valence-corrected chi connectivity index (χ0v) is 12.6. The lowest BCUT2D eigenvalue weighted by Crippen LogP contribution is -2.23. The van der Waals surface area contributed by atoms with E-state index in [9.17, 15) is 4.79 Å². The normalized spacial score (nSPS) is 14.5. The van der Waals surface area contributed by atoms with Gasteiger partial charge in [-0.15, -0.1) is 0 Å². The van der Waals surface area contributed by atoms with Crippen LogP contribution in [0.1, 0.15) is 31.7 Å². The highest BCUT2D eigenvalue weighted by atomic mass is 16.1. The summed E-state index contributed by atoms with van der Waals surface area (Å²) in [5, 5.41) is 7.63. The second-order valence-electron chi connectivity index (χ2n) is 5.76. The number of benzene rings is 1. The number of aryl methyl sites for hydroxylation is 1. The number of aromatic nitrogens is 1. The molecule has 2 aromatic rings. The van der Waals surface area contributed by atoms with Gasteiger partial charge in [0.2, 0.25) is 5.91 Å². The Hall–Kier alpha value is -1.81. The van der Waals surface area contributed by atoms with Gasteiger partial charge in [-0.05, 0) is 48.9 Å². The van der Waals surface area contributed by atoms with Crippen molar-refractivity contribution >= 4 is 16.8 Å². The maximum absolute atomic E-state index is 11.6. The van der Waals surface area contributed by atoms with Crippen LogP contribution in [0.2, 0.25) is 0 Å². The average Bonchev–Trinajstić information content (AvgIpc) is 3.23. The quantitative estimate of drug-likeness (QED) is 0.820. The van der Waals surface area contributed by atoms with Crippen LogP contribution in [-0.4, -0.2) is 23.1 Å². The smallest absolute Gasteiger partial charge is 0.221 e. The molecule has 0 atom stereocenters. The Morgan fingerprint density at radius 2 is 2.19 bits per heavy atom. The Morgan fingerprint density at radius 1 is 1.33 bits per heavy atom. The number of amides is 1. The molecule has 0 saturated heterocycles. The zero-order valence-electron chi connectivity index (χ0n) is 12.6. The first-order valence-electron chi connectivity index (χ1n) is 7.84. The van der Waals surface area contributed by atoms with E-state index in [0.717, 1.165) is 19.1 Å². The maximum atomic E-state index is 11.6. The van der Waals surface area contributed by atoms with Crippen LogP contribution in [0.3, 0.4) is 0 Å². The molecule has 4 nitrogen and oxygen atoms in total. The van der Waals surface area contributed by atoms with Crippen molar-refractivity contribution in [3.05, 3.63) is 36.0 Å². The molecule has 21 heavy (non-hydrogen) atoms. The summed E-state index contributed by atoms with van der Waals surface area (Å²) in [7, 11) is 0. The molecule has 0 radical (unpaired) electrons. The molecule has 1 fully saturated rings. The van der Waals surface area contributed by atoms with Gasteiger partial charge in [0.25, 0.3) is 0 Å². The van der Waals surface area contributed by atoms with Crippen LogP contribution in [-0.2, 0) is 17.9 Å². The van der Waals surface area contributed by atoms with Crippen LogP contribution < -0.4 is 10.6 Å². The number of hydrogen-bond acceptors (Lipinski definition) is 2. The largest absolute Gasteiger partial charge is 0.356 e. The first kappa shape index (κ1) is 14.1. The third-order valence-corrected chi connectivity index (χ3v) is 3.96. The van der Waals surface area contributed by atoms with Gasteiger partial charge in [0, 0.05) is 43.8 Å². The standard InChI is InChI=1S/C17H23N3O/c1-2-18-17(21)8-10-20-9-7-14-11-13(3-6-16(14)20)12-19-15-4-5-15/h3,6-7,9,11,15,19H,2,4-5,8,10,12H2,1H3,(H,18,21). The molecule has 112 valence electrons. The van der Waals surface area contributed by atoms with Crippen molar-refractivity contribution in [2.24, 2.45) is 0 Å². The molecule has 1 aromatic heterocycles. The van der Waals surface area contributed by atoms with Crippen molar-refractivity contribution in [2.75, 3.05) is 6.54 Å². The van der Waals surface area contributed by atoms with E-state index >= 15 is 0 Å². The van der Waals surface area contributed by atoms with Crippen LogP contribution in [0.25, 0.3) is 10.9 Å². The lowest BCUT2D eigenvalue weighted by atomic mass is 10.1. The van der Waals surface area contributed by atoms with Gasteiger partial charge in [-0.1, -0.05) is 6.07 Å². The van der Waals surface area contributed by atoms with Crippen LogP contribution in [0.15, 0.2) is 30.5 Å². The van der Waals surface area contributed by atoms with Crippen molar-refractivity contribution in [3.63, 3.8) is 0 Å². The molecule has 0 spiro atoms. The summed E-state index contributed by atoms with van der Waals surface area (Å²) in [4.78, 5) is 11.6. The summed E-state index contributed by atoms with van der Waals surface area (Å²) in [6, 6.07) is 9.46. The minimum absolute atomic E-state index is 0.115. The van der Waals surface area contributed by atoms with E-state index < -0.39 is 0 Å². The van der Waals surface area contributed by atoms with Gasteiger partial charge in [0.05, 0.1) is 0 Å². The molecule has 0 bridgehead atoms. The predicted octanol–water partition coefficient (Wildman–Crippen LogP) is 2.42. The minimum Gasteiger partial charge on any atom is -0.356 e. The molecule has 1 heterocycles. The van der Waals surface area contributed by atoms with E-state index in [1.807, 2.05) is 6.92 Å². The Morgan fingerprint density at radius 3 is 2.95 bits per heavy atom. The highest BCUT2D eigenvalue weighted by Crippen LogP contribution is 2.21. The molecule has 3 rings (SSSR count). The Bertz CT molecular complexity index is 628. The van der Waals surface area contributed by atoms with Gasteiger partial charge in [0.1, 0.15) is 0 Å². The molecule has 1 saturated carbocycles. The number of fused-ring (bicyclic) bond motifs is 1. The number of nitrogens with zero attached hydrogens (tertiary/aromatic N) is 1. The van der Waals surface area contributed by atoms with Crippen LogP contribution in [0, 0.1) is 0 Å². The highest BCUT2D eigenvalue weighted by Gasteiger charge is 2.19. The molecular weight excluding hydrogens is 262 g/mol. The van der Waals surface area contributed by atoms with E-state index in [0.29, 0.717) is 13.0 Å². The lowest BCUT2D eigenvalue weighted by Gasteiger charge is -2.07. The van der Waals surface area contributed by atoms with Gasteiger partial charge >= 0.3 is 0 Å². The van der Waals surface area contributed by atoms with E-state index in [-0.39, 0.29) is 5.91 Å². The van der Waals surface area contributed by atoms with Gasteiger partial charge < -0.3 is 15.2 Å². The summed E-state index contributed by atoms with van der Waals surface area (Å²) in [6.45, 7) is 4.32. The van der Waals surface area contributed by atoms with Gasteiger partial charge in [-0.3, -0.25) is 4.79 Å². The van der Waals surface area contributed by atoms with E-state index in [1.54, 1.807) is 0 Å². The van der Waals surface area contributed by atoms with Crippen LogP contribution >= 0.6 is 0 Å². The van der Waals surface area contributed by atoms with Crippen molar-refractivity contribution < 1.29 is 4.79 Å². The molecule has 1 aliphatic carbocycles. The average molecular weight is 285 g/mol. The maximum Gasteiger partial charge on any atom is 0.221 e. The SMILES string of the molecule is CCNC(=O)CCn1ccc2cc(CNC3CC3)ccc21. The van der Waals surface area contributed by atoms with Gasteiger partial charge in [-0.2, -0.15) is 0 Å². The van der Waals surface area contributed by atoms with Gasteiger partial charge in [0.15, 0.2) is 0 Å². The summed E-state index contributed by atoms with van der Waals surface area (Å²) in [6.07, 6.45) is 5.24. The predicted molar refractivity (Wildman–Crippen MR) is 85.1 cm³/mol.